The first kappa shape index (κ1) is 11.9. The third kappa shape index (κ3) is 3.49. The van der Waals surface area contributed by atoms with E-state index in [1.165, 1.54) is 5.69 Å². The lowest BCUT2D eigenvalue weighted by Gasteiger charge is -2.19. The summed E-state index contributed by atoms with van der Waals surface area (Å²) in [5.41, 5.74) is 1.17. The summed E-state index contributed by atoms with van der Waals surface area (Å²) in [7, 11) is 0. The Kier molecular flexibility index (Phi) is 5.07. The highest BCUT2D eigenvalue weighted by atomic mass is 16.3. The zero-order valence-electron chi connectivity index (χ0n) is 9.26. The second-order valence-electron chi connectivity index (χ2n) is 3.39. The highest BCUT2D eigenvalue weighted by molar-refractivity contribution is 5.00. The van der Waals surface area contributed by atoms with Gasteiger partial charge in [-0.25, -0.2) is 0 Å². The fraction of sp³-hybridized carbons (Fsp3) is 0.545. The minimum Gasteiger partial charge on any atom is -0.395 e. The van der Waals surface area contributed by atoms with Gasteiger partial charge in [-0.3, -0.25) is 9.58 Å². The van der Waals surface area contributed by atoms with Crippen LogP contribution >= 0.6 is 0 Å². The zero-order valence-corrected chi connectivity index (χ0v) is 9.26. The van der Waals surface area contributed by atoms with Crippen LogP contribution in [0.5, 0.6) is 0 Å². The molecule has 0 aromatic carbocycles. The molecule has 15 heavy (non-hydrogen) atoms. The van der Waals surface area contributed by atoms with Crippen LogP contribution in [0.3, 0.4) is 0 Å². The smallest absolute Gasteiger partial charge is 0.0558 e. The second kappa shape index (κ2) is 6.37. The van der Waals surface area contributed by atoms with E-state index in [1.807, 2.05) is 23.0 Å². The molecule has 0 spiro atoms. The Labute approximate surface area is 90.8 Å². The lowest BCUT2D eigenvalue weighted by Crippen LogP contribution is -2.27. The predicted molar refractivity (Wildman–Crippen MR) is 60.5 cm³/mol. The summed E-state index contributed by atoms with van der Waals surface area (Å²) < 4.78 is 1.97. The highest BCUT2D eigenvalue weighted by Gasteiger charge is 2.06. The molecular weight excluding hydrogens is 190 g/mol. The van der Waals surface area contributed by atoms with Crippen LogP contribution in [0, 0.1) is 0 Å². The number of aryl methyl sites for hydroxylation is 1. The quantitative estimate of drug-likeness (QED) is 0.678. The van der Waals surface area contributed by atoms with Gasteiger partial charge in [0.15, 0.2) is 0 Å². The number of aliphatic hydroxyl groups is 1. The highest BCUT2D eigenvalue weighted by Crippen LogP contribution is 2.04. The van der Waals surface area contributed by atoms with Crippen LogP contribution in [0.2, 0.25) is 0 Å². The molecule has 0 amide bonds. The molecule has 0 aliphatic heterocycles. The molecule has 0 radical (unpaired) electrons. The molecule has 0 bridgehead atoms. The molecule has 1 aromatic rings. The van der Waals surface area contributed by atoms with E-state index in [1.54, 1.807) is 0 Å². The average molecular weight is 209 g/mol. The maximum absolute atomic E-state index is 8.92. The second-order valence-corrected chi connectivity index (χ2v) is 3.39. The molecule has 4 heteroatoms. The lowest BCUT2D eigenvalue weighted by molar-refractivity contribution is 0.200. The van der Waals surface area contributed by atoms with Gasteiger partial charge in [0.2, 0.25) is 0 Å². The number of hydrogen-bond donors (Lipinski definition) is 1. The first-order chi connectivity index (χ1) is 7.31. The van der Waals surface area contributed by atoms with Crippen molar-refractivity contribution >= 4 is 0 Å². The number of rotatable bonds is 7. The molecule has 1 rings (SSSR count). The van der Waals surface area contributed by atoms with Gasteiger partial charge in [-0.05, 0) is 13.0 Å². The van der Waals surface area contributed by atoms with Crippen LogP contribution in [-0.2, 0) is 13.1 Å². The monoisotopic (exact) mass is 209 g/mol. The van der Waals surface area contributed by atoms with Crippen molar-refractivity contribution in [3.8, 4) is 0 Å². The molecule has 0 unspecified atom stereocenters. The van der Waals surface area contributed by atoms with Gasteiger partial charge in [0.25, 0.3) is 0 Å². The largest absolute Gasteiger partial charge is 0.395 e. The molecule has 0 atom stereocenters. The molecule has 1 heterocycles. The van der Waals surface area contributed by atoms with Crippen molar-refractivity contribution in [2.45, 2.75) is 20.0 Å². The van der Waals surface area contributed by atoms with Crippen LogP contribution in [0.15, 0.2) is 24.9 Å². The van der Waals surface area contributed by atoms with Crippen molar-refractivity contribution in [3.05, 3.63) is 30.6 Å². The molecule has 84 valence electrons. The van der Waals surface area contributed by atoms with E-state index in [9.17, 15) is 0 Å². The van der Waals surface area contributed by atoms with E-state index in [0.29, 0.717) is 6.54 Å². The van der Waals surface area contributed by atoms with E-state index >= 15 is 0 Å². The number of aliphatic hydroxyl groups excluding tert-OH is 1. The zero-order chi connectivity index (χ0) is 11.1. The van der Waals surface area contributed by atoms with Crippen molar-refractivity contribution in [1.29, 1.82) is 0 Å². The summed E-state index contributed by atoms with van der Waals surface area (Å²) in [5.74, 6) is 0. The summed E-state index contributed by atoms with van der Waals surface area (Å²) in [6.45, 7) is 9.09. The average Bonchev–Trinajstić information content (AvgIpc) is 2.66. The standard InChI is InChI=1S/C11H19N3O/c1-3-7-13(8-9-15)10-11-5-6-12-14(11)4-2/h3,5-6,15H,1,4,7-10H2,2H3. The number of nitrogens with zero attached hydrogens (tertiary/aromatic N) is 3. The first-order valence-corrected chi connectivity index (χ1v) is 5.26. The van der Waals surface area contributed by atoms with Gasteiger partial charge in [0.1, 0.15) is 0 Å². The van der Waals surface area contributed by atoms with Crippen molar-refractivity contribution in [1.82, 2.24) is 14.7 Å². The molecule has 1 N–H and O–H groups in total. The lowest BCUT2D eigenvalue weighted by atomic mass is 10.3. The molecule has 1 aromatic heterocycles. The van der Waals surface area contributed by atoms with Gasteiger partial charge in [-0.2, -0.15) is 5.10 Å². The molecule has 0 saturated carbocycles. The number of aromatic nitrogens is 2. The minimum absolute atomic E-state index is 0.175. The van der Waals surface area contributed by atoms with Gasteiger partial charge in [-0.1, -0.05) is 6.08 Å². The van der Waals surface area contributed by atoms with Gasteiger partial charge >= 0.3 is 0 Å². The SMILES string of the molecule is C=CCN(CCO)Cc1ccnn1CC. The normalized spacial score (nSPS) is 10.9. The Morgan fingerprint density at radius 1 is 1.67 bits per heavy atom. The Morgan fingerprint density at radius 2 is 2.47 bits per heavy atom. The predicted octanol–water partition coefficient (Wildman–Crippen LogP) is 0.883. The summed E-state index contributed by atoms with van der Waals surface area (Å²) in [5, 5.41) is 13.1. The topological polar surface area (TPSA) is 41.3 Å². The van der Waals surface area contributed by atoms with E-state index in [0.717, 1.165) is 19.6 Å². The molecule has 0 aliphatic carbocycles. The molecule has 0 saturated heterocycles. The summed E-state index contributed by atoms with van der Waals surface area (Å²) in [4.78, 5) is 2.14. The van der Waals surface area contributed by atoms with Crippen molar-refractivity contribution in [2.75, 3.05) is 19.7 Å². The Hall–Kier alpha value is -1.13. The van der Waals surface area contributed by atoms with Crippen LogP contribution in [-0.4, -0.2) is 39.5 Å². The van der Waals surface area contributed by atoms with Gasteiger partial charge < -0.3 is 5.11 Å². The van der Waals surface area contributed by atoms with E-state index in [2.05, 4.69) is 23.5 Å². The molecular formula is C11H19N3O. The van der Waals surface area contributed by atoms with Crippen molar-refractivity contribution in [2.24, 2.45) is 0 Å². The third-order valence-corrected chi connectivity index (χ3v) is 2.29. The molecule has 4 nitrogen and oxygen atoms in total. The van der Waals surface area contributed by atoms with Crippen LogP contribution < -0.4 is 0 Å². The molecule has 0 fully saturated rings. The third-order valence-electron chi connectivity index (χ3n) is 2.29. The van der Waals surface area contributed by atoms with Gasteiger partial charge in [0.05, 0.1) is 12.3 Å². The van der Waals surface area contributed by atoms with E-state index in [-0.39, 0.29) is 6.61 Å². The van der Waals surface area contributed by atoms with Crippen LogP contribution in [0.4, 0.5) is 0 Å². The maximum Gasteiger partial charge on any atom is 0.0558 e. The Morgan fingerprint density at radius 3 is 3.07 bits per heavy atom. The van der Waals surface area contributed by atoms with Crippen LogP contribution in [0.25, 0.3) is 0 Å². The fourth-order valence-corrected chi connectivity index (χ4v) is 1.57. The Bertz CT molecular complexity index is 296. The van der Waals surface area contributed by atoms with E-state index < -0.39 is 0 Å². The summed E-state index contributed by atoms with van der Waals surface area (Å²) in [6.07, 6.45) is 3.66. The van der Waals surface area contributed by atoms with Crippen molar-refractivity contribution < 1.29 is 5.11 Å². The summed E-state index contributed by atoms with van der Waals surface area (Å²) >= 11 is 0. The van der Waals surface area contributed by atoms with Gasteiger partial charge in [0, 0.05) is 32.4 Å². The first-order valence-electron chi connectivity index (χ1n) is 5.26. The van der Waals surface area contributed by atoms with Crippen LogP contribution in [0.1, 0.15) is 12.6 Å². The fourth-order valence-electron chi connectivity index (χ4n) is 1.57. The summed E-state index contributed by atoms with van der Waals surface area (Å²) in [6, 6.07) is 2.01. The minimum atomic E-state index is 0.175. The van der Waals surface area contributed by atoms with Gasteiger partial charge in [-0.15, -0.1) is 6.58 Å². The Balaban J connectivity index is 2.60. The van der Waals surface area contributed by atoms with Crippen molar-refractivity contribution in [3.63, 3.8) is 0 Å². The maximum atomic E-state index is 8.92. The molecule has 0 aliphatic rings. The number of hydrogen-bond acceptors (Lipinski definition) is 3. The van der Waals surface area contributed by atoms with E-state index in [4.69, 9.17) is 5.11 Å².